The zero-order valence-electron chi connectivity index (χ0n) is 18.2. The Bertz CT molecular complexity index is 923. The van der Waals surface area contributed by atoms with Gasteiger partial charge in [0.1, 0.15) is 11.8 Å². The summed E-state index contributed by atoms with van der Waals surface area (Å²) in [6, 6.07) is 13.4. The summed E-state index contributed by atoms with van der Waals surface area (Å²) >= 11 is 0. The molecule has 1 aliphatic heterocycles. The fourth-order valence-corrected chi connectivity index (χ4v) is 3.36. The van der Waals surface area contributed by atoms with Crippen LogP contribution in [0.3, 0.4) is 0 Å². The molecule has 3 amide bonds. The highest BCUT2D eigenvalue weighted by molar-refractivity contribution is 6.23. The molecule has 1 aliphatic rings. The van der Waals surface area contributed by atoms with E-state index in [1.54, 1.807) is 48.5 Å². The summed E-state index contributed by atoms with van der Waals surface area (Å²) in [5.74, 6) is 0.424. The Hall–Kier alpha value is -3.35. The van der Waals surface area contributed by atoms with Crippen molar-refractivity contribution in [1.29, 1.82) is 0 Å². The number of carbonyl (C=O) groups is 3. The zero-order chi connectivity index (χ0) is 22.4. The predicted octanol–water partition coefficient (Wildman–Crippen LogP) is 4.20. The van der Waals surface area contributed by atoms with Crippen LogP contribution in [0.15, 0.2) is 48.5 Å². The molecule has 0 saturated carbocycles. The Labute approximate surface area is 182 Å². The van der Waals surface area contributed by atoms with E-state index in [0.29, 0.717) is 35.8 Å². The van der Waals surface area contributed by atoms with Crippen LogP contribution < -0.4 is 20.3 Å². The lowest BCUT2D eigenvalue weighted by Crippen LogP contribution is -2.34. The van der Waals surface area contributed by atoms with E-state index in [2.05, 4.69) is 10.6 Å². The van der Waals surface area contributed by atoms with Gasteiger partial charge in [-0.2, -0.15) is 0 Å². The molecule has 0 aromatic heterocycles. The average molecular weight is 424 g/mol. The summed E-state index contributed by atoms with van der Waals surface area (Å²) in [5, 5.41) is 5.97. The van der Waals surface area contributed by atoms with Crippen molar-refractivity contribution >= 4 is 34.8 Å². The second-order valence-electron chi connectivity index (χ2n) is 8.03. The van der Waals surface area contributed by atoms with Gasteiger partial charge < -0.3 is 15.4 Å². The van der Waals surface area contributed by atoms with E-state index in [4.69, 9.17) is 4.74 Å². The van der Waals surface area contributed by atoms with Crippen LogP contribution in [-0.2, 0) is 14.4 Å². The molecule has 0 bridgehead atoms. The maximum atomic E-state index is 12.8. The SMILES string of the molecule is CCCOc1ccc(N2C(=O)CC(Nc3ccc(NC(=O)CC(C)C)cc3)C2=O)cc1. The van der Waals surface area contributed by atoms with Crippen molar-refractivity contribution in [2.45, 2.75) is 46.1 Å². The lowest BCUT2D eigenvalue weighted by molar-refractivity contribution is -0.121. The number of nitrogens with one attached hydrogen (secondary N) is 2. The molecule has 2 N–H and O–H groups in total. The number of benzene rings is 2. The van der Waals surface area contributed by atoms with Crippen LogP contribution >= 0.6 is 0 Å². The van der Waals surface area contributed by atoms with Gasteiger partial charge in [-0.1, -0.05) is 20.8 Å². The van der Waals surface area contributed by atoms with Gasteiger partial charge in [0, 0.05) is 17.8 Å². The molecule has 2 aromatic carbocycles. The van der Waals surface area contributed by atoms with Crippen molar-refractivity contribution in [2.24, 2.45) is 5.92 Å². The van der Waals surface area contributed by atoms with Gasteiger partial charge in [0.05, 0.1) is 18.7 Å². The molecule has 0 spiro atoms. The molecule has 7 heteroatoms. The molecule has 164 valence electrons. The Morgan fingerprint density at radius 2 is 1.71 bits per heavy atom. The van der Waals surface area contributed by atoms with Gasteiger partial charge in [-0.05, 0) is 60.9 Å². The summed E-state index contributed by atoms with van der Waals surface area (Å²) in [7, 11) is 0. The fraction of sp³-hybridized carbons (Fsp3) is 0.375. The molecule has 2 aromatic rings. The highest BCUT2D eigenvalue weighted by atomic mass is 16.5. The Morgan fingerprint density at radius 1 is 1.06 bits per heavy atom. The minimum atomic E-state index is -0.634. The second-order valence-corrected chi connectivity index (χ2v) is 8.03. The number of hydrogen-bond acceptors (Lipinski definition) is 5. The first-order chi connectivity index (χ1) is 14.9. The van der Waals surface area contributed by atoms with E-state index >= 15 is 0 Å². The van der Waals surface area contributed by atoms with Crippen molar-refractivity contribution in [3.05, 3.63) is 48.5 Å². The summed E-state index contributed by atoms with van der Waals surface area (Å²) in [5.41, 5.74) is 1.93. The van der Waals surface area contributed by atoms with Crippen molar-refractivity contribution < 1.29 is 19.1 Å². The molecule has 1 heterocycles. The van der Waals surface area contributed by atoms with Gasteiger partial charge in [-0.25, -0.2) is 4.90 Å². The standard InChI is InChI=1S/C24H29N3O4/c1-4-13-31-20-11-9-19(10-12-20)27-23(29)15-21(24(27)30)25-17-5-7-18(8-6-17)26-22(28)14-16(2)3/h5-12,16,21,25H,4,13-15H2,1-3H3,(H,26,28). The quantitative estimate of drug-likeness (QED) is 0.590. The number of amides is 3. The maximum absolute atomic E-state index is 12.8. The van der Waals surface area contributed by atoms with E-state index in [1.807, 2.05) is 20.8 Å². The number of hydrogen-bond donors (Lipinski definition) is 2. The summed E-state index contributed by atoms with van der Waals surface area (Å²) in [6.07, 6.45) is 1.45. The summed E-state index contributed by atoms with van der Waals surface area (Å²) in [6.45, 7) is 6.63. The summed E-state index contributed by atoms with van der Waals surface area (Å²) < 4.78 is 5.55. The molecule has 7 nitrogen and oxygen atoms in total. The first-order valence-electron chi connectivity index (χ1n) is 10.6. The van der Waals surface area contributed by atoms with Gasteiger partial charge in [-0.15, -0.1) is 0 Å². The number of imide groups is 1. The van der Waals surface area contributed by atoms with Crippen molar-refractivity contribution in [3.63, 3.8) is 0 Å². The van der Waals surface area contributed by atoms with E-state index < -0.39 is 6.04 Å². The van der Waals surface area contributed by atoms with Crippen LogP contribution in [-0.4, -0.2) is 30.4 Å². The highest BCUT2D eigenvalue weighted by Gasteiger charge is 2.39. The van der Waals surface area contributed by atoms with E-state index in [-0.39, 0.29) is 30.1 Å². The van der Waals surface area contributed by atoms with Crippen LogP contribution in [0.4, 0.5) is 17.1 Å². The number of anilines is 3. The average Bonchev–Trinajstić information content (AvgIpc) is 3.00. The van der Waals surface area contributed by atoms with E-state index in [0.717, 1.165) is 6.42 Å². The molecule has 1 saturated heterocycles. The Kier molecular flexibility index (Phi) is 7.28. The number of carbonyl (C=O) groups excluding carboxylic acids is 3. The van der Waals surface area contributed by atoms with E-state index in [1.165, 1.54) is 4.90 Å². The van der Waals surface area contributed by atoms with Crippen LogP contribution in [0, 0.1) is 5.92 Å². The lowest BCUT2D eigenvalue weighted by atomic mass is 10.1. The Morgan fingerprint density at radius 3 is 2.32 bits per heavy atom. The van der Waals surface area contributed by atoms with Crippen molar-refractivity contribution in [3.8, 4) is 5.75 Å². The van der Waals surface area contributed by atoms with Crippen LogP contribution in [0.2, 0.25) is 0 Å². The first-order valence-corrected chi connectivity index (χ1v) is 10.6. The normalized spacial score (nSPS) is 16.0. The van der Waals surface area contributed by atoms with Crippen LogP contribution in [0.1, 0.15) is 40.0 Å². The maximum Gasteiger partial charge on any atom is 0.256 e. The van der Waals surface area contributed by atoms with Gasteiger partial charge in [-0.3, -0.25) is 14.4 Å². The van der Waals surface area contributed by atoms with Crippen molar-refractivity contribution in [2.75, 3.05) is 22.1 Å². The third-order valence-corrected chi connectivity index (χ3v) is 4.82. The topological polar surface area (TPSA) is 87.7 Å². The third-order valence-electron chi connectivity index (χ3n) is 4.82. The molecule has 1 atom stereocenters. The van der Waals surface area contributed by atoms with Gasteiger partial charge in [0.25, 0.3) is 5.91 Å². The monoisotopic (exact) mass is 423 g/mol. The van der Waals surface area contributed by atoms with Crippen molar-refractivity contribution in [1.82, 2.24) is 0 Å². The zero-order valence-corrected chi connectivity index (χ0v) is 18.2. The largest absolute Gasteiger partial charge is 0.494 e. The third kappa shape index (κ3) is 5.84. The lowest BCUT2D eigenvalue weighted by Gasteiger charge is -2.17. The predicted molar refractivity (Wildman–Crippen MR) is 121 cm³/mol. The highest BCUT2D eigenvalue weighted by Crippen LogP contribution is 2.27. The summed E-state index contributed by atoms with van der Waals surface area (Å²) in [4.78, 5) is 38.4. The molecular formula is C24H29N3O4. The molecule has 3 rings (SSSR count). The first kappa shape index (κ1) is 22.3. The fourth-order valence-electron chi connectivity index (χ4n) is 3.36. The minimum Gasteiger partial charge on any atom is -0.494 e. The Balaban J connectivity index is 1.61. The molecule has 1 fully saturated rings. The number of rotatable bonds is 9. The smallest absolute Gasteiger partial charge is 0.256 e. The minimum absolute atomic E-state index is 0.0333. The van der Waals surface area contributed by atoms with Gasteiger partial charge in [0.15, 0.2) is 0 Å². The molecule has 0 radical (unpaired) electrons. The molecule has 1 unspecified atom stereocenters. The number of ether oxygens (including phenoxy) is 1. The van der Waals surface area contributed by atoms with Gasteiger partial charge in [0.2, 0.25) is 11.8 Å². The van der Waals surface area contributed by atoms with E-state index in [9.17, 15) is 14.4 Å². The van der Waals surface area contributed by atoms with Crippen LogP contribution in [0.5, 0.6) is 5.75 Å². The molecule has 31 heavy (non-hydrogen) atoms. The molecular weight excluding hydrogens is 394 g/mol. The van der Waals surface area contributed by atoms with Crippen LogP contribution in [0.25, 0.3) is 0 Å². The number of nitrogens with zero attached hydrogens (tertiary/aromatic N) is 1. The van der Waals surface area contributed by atoms with Gasteiger partial charge >= 0.3 is 0 Å². The second kappa shape index (κ2) is 10.1. The molecule has 0 aliphatic carbocycles.